The SMILES string of the molecule is COC(=O)CCC(CO)NCC(=O)OC(C)(C)C. The standard InChI is InChI=1S/C12H23NO5/c1-12(2,3)18-11(16)7-13-9(8-14)5-6-10(15)17-4/h9,13-14H,5-8H2,1-4H3. The summed E-state index contributed by atoms with van der Waals surface area (Å²) in [6, 6.07) is -0.323. The van der Waals surface area contributed by atoms with E-state index in [1.54, 1.807) is 20.8 Å². The van der Waals surface area contributed by atoms with Gasteiger partial charge in [0.2, 0.25) is 0 Å². The first-order valence-corrected chi connectivity index (χ1v) is 5.91. The van der Waals surface area contributed by atoms with Crippen molar-refractivity contribution in [3.8, 4) is 0 Å². The summed E-state index contributed by atoms with van der Waals surface area (Å²) in [7, 11) is 1.31. The molecular weight excluding hydrogens is 238 g/mol. The summed E-state index contributed by atoms with van der Waals surface area (Å²) in [5, 5.41) is 11.9. The Bertz CT molecular complexity index is 272. The molecule has 2 N–H and O–H groups in total. The zero-order chi connectivity index (χ0) is 14.2. The van der Waals surface area contributed by atoms with Crippen molar-refractivity contribution in [2.24, 2.45) is 0 Å². The molecule has 1 unspecified atom stereocenters. The minimum atomic E-state index is -0.528. The third-order valence-corrected chi connectivity index (χ3v) is 2.10. The predicted molar refractivity (Wildman–Crippen MR) is 66.0 cm³/mol. The van der Waals surface area contributed by atoms with E-state index in [1.165, 1.54) is 7.11 Å². The zero-order valence-electron chi connectivity index (χ0n) is 11.5. The number of aliphatic hydroxyl groups excluding tert-OH is 1. The number of methoxy groups -OCH3 is 1. The van der Waals surface area contributed by atoms with Crippen LogP contribution in [0.4, 0.5) is 0 Å². The van der Waals surface area contributed by atoms with Gasteiger partial charge >= 0.3 is 11.9 Å². The first kappa shape index (κ1) is 16.9. The first-order valence-electron chi connectivity index (χ1n) is 5.91. The quantitative estimate of drug-likeness (QED) is 0.638. The van der Waals surface area contributed by atoms with Gasteiger partial charge in [-0.15, -0.1) is 0 Å². The summed E-state index contributed by atoms with van der Waals surface area (Å²) in [5.74, 6) is -0.730. The zero-order valence-corrected chi connectivity index (χ0v) is 11.5. The normalized spacial score (nSPS) is 12.9. The number of carbonyl (C=O) groups is 2. The van der Waals surface area contributed by atoms with Gasteiger partial charge in [-0.1, -0.05) is 0 Å². The van der Waals surface area contributed by atoms with E-state index in [4.69, 9.17) is 9.84 Å². The van der Waals surface area contributed by atoms with Crippen molar-refractivity contribution in [2.45, 2.75) is 45.3 Å². The van der Waals surface area contributed by atoms with E-state index in [0.717, 1.165) is 0 Å². The van der Waals surface area contributed by atoms with Crippen molar-refractivity contribution >= 4 is 11.9 Å². The lowest BCUT2D eigenvalue weighted by Gasteiger charge is -2.21. The van der Waals surface area contributed by atoms with E-state index in [2.05, 4.69) is 10.1 Å². The largest absolute Gasteiger partial charge is 0.469 e. The maximum Gasteiger partial charge on any atom is 0.320 e. The van der Waals surface area contributed by atoms with E-state index < -0.39 is 5.60 Å². The Morgan fingerprint density at radius 2 is 1.89 bits per heavy atom. The summed E-state index contributed by atoms with van der Waals surface area (Å²) in [5.41, 5.74) is -0.528. The minimum Gasteiger partial charge on any atom is -0.469 e. The second-order valence-electron chi connectivity index (χ2n) is 4.96. The van der Waals surface area contributed by atoms with Crippen molar-refractivity contribution in [3.63, 3.8) is 0 Å². The highest BCUT2D eigenvalue weighted by atomic mass is 16.6. The Balaban J connectivity index is 3.93. The Hall–Kier alpha value is -1.14. The molecule has 6 nitrogen and oxygen atoms in total. The van der Waals surface area contributed by atoms with Crippen molar-refractivity contribution in [3.05, 3.63) is 0 Å². The molecule has 0 aromatic carbocycles. The number of rotatable bonds is 7. The summed E-state index contributed by atoms with van der Waals surface area (Å²) >= 11 is 0. The number of ether oxygens (including phenoxy) is 2. The van der Waals surface area contributed by atoms with Crippen LogP contribution in [0.2, 0.25) is 0 Å². The van der Waals surface area contributed by atoms with Crippen LogP contribution in [-0.2, 0) is 19.1 Å². The molecule has 0 saturated heterocycles. The monoisotopic (exact) mass is 261 g/mol. The molecule has 106 valence electrons. The number of nitrogens with one attached hydrogen (secondary N) is 1. The topological polar surface area (TPSA) is 84.9 Å². The van der Waals surface area contributed by atoms with Crippen LogP contribution in [0.25, 0.3) is 0 Å². The number of carbonyl (C=O) groups excluding carboxylic acids is 2. The molecule has 0 spiro atoms. The van der Waals surface area contributed by atoms with E-state index in [-0.39, 0.29) is 37.6 Å². The molecule has 0 bridgehead atoms. The van der Waals surface area contributed by atoms with Gasteiger partial charge in [0.15, 0.2) is 0 Å². The molecule has 0 aliphatic carbocycles. The molecule has 0 aromatic rings. The third kappa shape index (κ3) is 8.95. The van der Waals surface area contributed by atoms with E-state index in [9.17, 15) is 9.59 Å². The average molecular weight is 261 g/mol. The fourth-order valence-electron chi connectivity index (χ4n) is 1.26. The molecule has 0 rings (SSSR count). The second-order valence-corrected chi connectivity index (χ2v) is 4.96. The fourth-order valence-corrected chi connectivity index (χ4v) is 1.26. The smallest absolute Gasteiger partial charge is 0.320 e. The maximum absolute atomic E-state index is 11.4. The lowest BCUT2D eigenvalue weighted by Crippen LogP contribution is -2.39. The summed E-state index contributed by atoms with van der Waals surface area (Å²) in [6.07, 6.45) is 0.606. The van der Waals surface area contributed by atoms with Gasteiger partial charge in [-0.25, -0.2) is 0 Å². The highest BCUT2D eigenvalue weighted by Gasteiger charge is 2.17. The van der Waals surface area contributed by atoms with Crippen molar-refractivity contribution in [2.75, 3.05) is 20.3 Å². The van der Waals surface area contributed by atoms with Gasteiger partial charge in [-0.3, -0.25) is 9.59 Å². The van der Waals surface area contributed by atoms with Crippen LogP contribution in [0.15, 0.2) is 0 Å². The molecule has 0 aliphatic rings. The highest BCUT2D eigenvalue weighted by molar-refractivity contribution is 5.72. The van der Waals surface area contributed by atoms with Crippen LogP contribution in [0.5, 0.6) is 0 Å². The molecule has 0 amide bonds. The minimum absolute atomic E-state index is 0.00364. The van der Waals surface area contributed by atoms with Crippen LogP contribution >= 0.6 is 0 Å². The molecule has 0 heterocycles. The average Bonchev–Trinajstić information content (AvgIpc) is 2.26. The lowest BCUT2D eigenvalue weighted by molar-refractivity contribution is -0.153. The Labute approximate surface area is 108 Å². The molecule has 0 saturated carbocycles. The van der Waals surface area contributed by atoms with Gasteiger partial charge in [-0.05, 0) is 27.2 Å². The molecule has 0 radical (unpaired) electrons. The van der Waals surface area contributed by atoms with E-state index in [1.807, 2.05) is 0 Å². The van der Waals surface area contributed by atoms with E-state index >= 15 is 0 Å². The van der Waals surface area contributed by atoms with E-state index in [0.29, 0.717) is 6.42 Å². The number of esters is 2. The van der Waals surface area contributed by atoms with Crippen LogP contribution in [0.1, 0.15) is 33.6 Å². The lowest BCUT2D eigenvalue weighted by atomic mass is 10.1. The van der Waals surface area contributed by atoms with Gasteiger partial charge in [0.25, 0.3) is 0 Å². The van der Waals surface area contributed by atoms with Crippen LogP contribution in [-0.4, -0.2) is 48.9 Å². The van der Waals surface area contributed by atoms with Crippen molar-refractivity contribution in [1.82, 2.24) is 5.32 Å². The molecule has 0 fully saturated rings. The van der Waals surface area contributed by atoms with Gasteiger partial charge in [-0.2, -0.15) is 0 Å². The van der Waals surface area contributed by atoms with Crippen LogP contribution in [0.3, 0.4) is 0 Å². The van der Waals surface area contributed by atoms with Gasteiger partial charge in [0.1, 0.15) is 5.60 Å². The Kier molecular flexibility index (Phi) is 7.54. The molecular formula is C12H23NO5. The molecule has 0 aromatic heterocycles. The highest BCUT2D eigenvalue weighted by Crippen LogP contribution is 2.06. The number of hydrogen-bond donors (Lipinski definition) is 2. The predicted octanol–water partition coefficient (Wildman–Crippen LogP) is 0.232. The fraction of sp³-hybridized carbons (Fsp3) is 0.833. The maximum atomic E-state index is 11.4. The Morgan fingerprint density at radius 3 is 2.33 bits per heavy atom. The van der Waals surface area contributed by atoms with Crippen LogP contribution < -0.4 is 5.32 Å². The van der Waals surface area contributed by atoms with Gasteiger partial charge in [0, 0.05) is 12.5 Å². The van der Waals surface area contributed by atoms with Crippen LogP contribution in [0, 0.1) is 0 Å². The number of aliphatic hydroxyl groups is 1. The summed E-state index contributed by atoms with van der Waals surface area (Å²) in [4.78, 5) is 22.4. The van der Waals surface area contributed by atoms with Crippen molar-refractivity contribution < 1.29 is 24.2 Å². The van der Waals surface area contributed by atoms with Gasteiger partial charge < -0.3 is 19.9 Å². The second kappa shape index (κ2) is 8.05. The third-order valence-electron chi connectivity index (χ3n) is 2.10. The summed E-state index contributed by atoms with van der Waals surface area (Å²) < 4.78 is 9.60. The first-order chi connectivity index (χ1) is 8.28. The molecule has 18 heavy (non-hydrogen) atoms. The summed E-state index contributed by atoms with van der Waals surface area (Å²) in [6.45, 7) is 5.20. The molecule has 1 atom stereocenters. The number of hydrogen-bond acceptors (Lipinski definition) is 6. The Morgan fingerprint density at radius 1 is 1.28 bits per heavy atom. The molecule has 0 aliphatic heterocycles. The van der Waals surface area contributed by atoms with Crippen molar-refractivity contribution in [1.29, 1.82) is 0 Å². The molecule has 6 heteroatoms. The van der Waals surface area contributed by atoms with Gasteiger partial charge in [0.05, 0.1) is 20.3 Å².